The molecule has 0 bridgehead atoms. The van der Waals surface area contributed by atoms with Crippen molar-refractivity contribution in [3.63, 3.8) is 0 Å². The molecule has 0 unspecified atom stereocenters. The minimum absolute atomic E-state index is 0.0407. The number of piperazine rings is 1. The van der Waals surface area contributed by atoms with E-state index < -0.39 is 0 Å². The first-order valence-electron chi connectivity index (χ1n) is 8.82. The van der Waals surface area contributed by atoms with Crippen molar-refractivity contribution >= 4 is 32.6 Å². The van der Waals surface area contributed by atoms with Crippen LogP contribution in [0, 0.1) is 5.82 Å². The number of methoxy groups -OCH3 is 1. The second kappa shape index (κ2) is 7.62. The molecule has 140 valence electrons. The van der Waals surface area contributed by atoms with Crippen LogP contribution in [0.2, 0.25) is 0 Å². The summed E-state index contributed by atoms with van der Waals surface area (Å²) in [5, 5.41) is 0.879. The lowest BCUT2D eigenvalue weighted by atomic mass is 10.1. The Bertz CT molecular complexity index is 967. The molecular formula is C20H20FN3O2S. The Balaban J connectivity index is 1.43. The Kier molecular flexibility index (Phi) is 5.05. The fourth-order valence-electron chi connectivity index (χ4n) is 3.27. The molecule has 1 aliphatic heterocycles. The predicted octanol–water partition coefficient (Wildman–Crippen LogP) is 3.54. The molecule has 0 atom stereocenters. The van der Waals surface area contributed by atoms with Crippen LogP contribution in [0.5, 0.6) is 0 Å². The van der Waals surface area contributed by atoms with E-state index in [0.717, 1.165) is 20.9 Å². The zero-order chi connectivity index (χ0) is 18.8. The normalized spacial score (nSPS) is 14.7. The molecule has 0 aliphatic carbocycles. The first-order valence-corrected chi connectivity index (χ1v) is 9.64. The minimum atomic E-state index is -0.246. The molecule has 4 rings (SSSR count). The number of carbonyl (C=O) groups is 1. The van der Waals surface area contributed by atoms with Crippen molar-refractivity contribution in [2.45, 2.75) is 6.61 Å². The Morgan fingerprint density at radius 1 is 1.19 bits per heavy atom. The van der Waals surface area contributed by atoms with Gasteiger partial charge in [0.05, 0.1) is 16.8 Å². The Morgan fingerprint density at radius 2 is 2.00 bits per heavy atom. The Labute approximate surface area is 161 Å². The number of nitrogens with zero attached hydrogens (tertiary/aromatic N) is 3. The number of hydrogen-bond acceptors (Lipinski definition) is 5. The van der Waals surface area contributed by atoms with E-state index in [-0.39, 0.29) is 11.7 Å². The zero-order valence-electron chi connectivity index (χ0n) is 15.0. The van der Waals surface area contributed by atoms with Gasteiger partial charge in [0.2, 0.25) is 0 Å². The van der Waals surface area contributed by atoms with E-state index in [1.54, 1.807) is 13.2 Å². The fourth-order valence-corrected chi connectivity index (χ4v) is 4.31. The molecule has 2 heterocycles. The van der Waals surface area contributed by atoms with Gasteiger partial charge >= 0.3 is 0 Å². The van der Waals surface area contributed by atoms with Crippen LogP contribution in [0.25, 0.3) is 10.2 Å². The molecule has 0 spiro atoms. The van der Waals surface area contributed by atoms with E-state index in [1.807, 2.05) is 29.2 Å². The molecule has 0 radical (unpaired) electrons. The van der Waals surface area contributed by atoms with Crippen LogP contribution in [0.1, 0.15) is 15.9 Å². The summed E-state index contributed by atoms with van der Waals surface area (Å²) in [7, 11) is 1.64. The predicted molar refractivity (Wildman–Crippen MR) is 105 cm³/mol. The van der Waals surface area contributed by atoms with Gasteiger partial charge in [-0.3, -0.25) is 4.79 Å². The van der Waals surface area contributed by atoms with Gasteiger partial charge < -0.3 is 14.5 Å². The number of anilines is 1. The van der Waals surface area contributed by atoms with Gasteiger partial charge in [-0.25, -0.2) is 9.37 Å². The Hall–Kier alpha value is -2.51. The summed E-state index contributed by atoms with van der Waals surface area (Å²) in [4.78, 5) is 21.4. The van der Waals surface area contributed by atoms with Gasteiger partial charge in [-0.05, 0) is 35.9 Å². The van der Waals surface area contributed by atoms with Crippen LogP contribution in [-0.4, -0.2) is 49.1 Å². The van der Waals surface area contributed by atoms with E-state index in [9.17, 15) is 9.18 Å². The molecule has 27 heavy (non-hydrogen) atoms. The number of fused-ring (bicyclic) bond motifs is 1. The fraction of sp³-hybridized carbons (Fsp3) is 0.300. The first kappa shape index (κ1) is 17.9. The number of hydrogen-bond donors (Lipinski definition) is 0. The molecule has 7 heteroatoms. The zero-order valence-corrected chi connectivity index (χ0v) is 15.8. The van der Waals surface area contributed by atoms with Crippen LogP contribution in [0.4, 0.5) is 9.52 Å². The largest absolute Gasteiger partial charge is 0.380 e. The van der Waals surface area contributed by atoms with E-state index >= 15 is 0 Å². The van der Waals surface area contributed by atoms with Crippen molar-refractivity contribution < 1.29 is 13.9 Å². The molecule has 1 saturated heterocycles. The number of amides is 1. The molecule has 0 N–H and O–H groups in total. The summed E-state index contributed by atoms with van der Waals surface area (Å²) in [5.41, 5.74) is 2.49. The number of halogens is 1. The highest BCUT2D eigenvalue weighted by Gasteiger charge is 2.24. The molecular weight excluding hydrogens is 365 g/mol. The summed E-state index contributed by atoms with van der Waals surface area (Å²) in [6.45, 7) is 3.19. The van der Waals surface area contributed by atoms with Crippen LogP contribution in [-0.2, 0) is 11.3 Å². The van der Waals surface area contributed by atoms with Gasteiger partial charge in [0.1, 0.15) is 5.82 Å². The van der Waals surface area contributed by atoms with E-state index in [1.165, 1.54) is 23.5 Å². The smallest absolute Gasteiger partial charge is 0.253 e. The highest BCUT2D eigenvalue weighted by atomic mass is 32.1. The lowest BCUT2D eigenvalue weighted by Gasteiger charge is -2.34. The first-order chi connectivity index (χ1) is 13.1. The van der Waals surface area contributed by atoms with E-state index in [0.29, 0.717) is 38.3 Å². The number of aromatic nitrogens is 1. The van der Waals surface area contributed by atoms with Crippen molar-refractivity contribution in [2.75, 3.05) is 38.2 Å². The third kappa shape index (κ3) is 3.79. The molecule has 1 aromatic heterocycles. The number of ether oxygens (including phenoxy) is 1. The van der Waals surface area contributed by atoms with Crippen molar-refractivity contribution in [2.24, 2.45) is 0 Å². The van der Waals surface area contributed by atoms with Crippen LogP contribution in [0.15, 0.2) is 42.5 Å². The van der Waals surface area contributed by atoms with Crippen molar-refractivity contribution in [3.8, 4) is 0 Å². The number of thiazole rings is 1. The maximum Gasteiger partial charge on any atom is 0.253 e. The molecule has 1 fully saturated rings. The molecule has 2 aromatic carbocycles. The lowest BCUT2D eigenvalue weighted by Crippen LogP contribution is -2.48. The monoisotopic (exact) mass is 385 g/mol. The summed E-state index contributed by atoms with van der Waals surface area (Å²) in [6.07, 6.45) is 0. The van der Waals surface area contributed by atoms with Gasteiger partial charge in [0, 0.05) is 38.9 Å². The summed E-state index contributed by atoms with van der Waals surface area (Å²) < 4.78 is 19.4. The van der Waals surface area contributed by atoms with Crippen molar-refractivity contribution in [1.82, 2.24) is 9.88 Å². The number of carbonyl (C=O) groups excluding carboxylic acids is 1. The average Bonchev–Trinajstić information content (AvgIpc) is 3.11. The summed E-state index contributed by atoms with van der Waals surface area (Å²) >= 11 is 1.49. The van der Waals surface area contributed by atoms with Gasteiger partial charge in [-0.1, -0.05) is 23.5 Å². The third-order valence-electron chi connectivity index (χ3n) is 4.66. The van der Waals surface area contributed by atoms with Crippen LogP contribution < -0.4 is 4.90 Å². The molecule has 5 nitrogen and oxygen atoms in total. The van der Waals surface area contributed by atoms with E-state index in [2.05, 4.69) is 9.88 Å². The standard InChI is InChI=1S/C20H20FN3O2S/c1-26-13-14-3-2-4-15(11-14)19(25)23-7-9-24(10-8-23)20-22-17-6-5-16(21)12-18(17)27-20/h2-6,11-12H,7-10,13H2,1H3. The van der Waals surface area contributed by atoms with Crippen molar-refractivity contribution in [3.05, 3.63) is 59.4 Å². The Morgan fingerprint density at radius 3 is 2.78 bits per heavy atom. The van der Waals surface area contributed by atoms with Crippen LogP contribution in [0.3, 0.4) is 0 Å². The topological polar surface area (TPSA) is 45.7 Å². The van der Waals surface area contributed by atoms with Gasteiger partial charge in [-0.15, -0.1) is 0 Å². The second-order valence-corrected chi connectivity index (χ2v) is 7.53. The highest BCUT2D eigenvalue weighted by molar-refractivity contribution is 7.22. The van der Waals surface area contributed by atoms with Gasteiger partial charge in [0.25, 0.3) is 5.91 Å². The number of rotatable bonds is 4. The SMILES string of the molecule is COCc1cccc(C(=O)N2CCN(c3nc4ccc(F)cc4s3)CC2)c1. The van der Waals surface area contributed by atoms with Gasteiger partial charge in [0.15, 0.2) is 5.13 Å². The highest BCUT2D eigenvalue weighted by Crippen LogP contribution is 2.30. The molecule has 3 aromatic rings. The number of benzene rings is 2. The molecule has 0 saturated carbocycles. The quantitative estimate of drug-likeness (QED) is 0.689. The van der Waals surface area contributed by atoms with E-state index in [4.69, 9.17) is 4.74 Å². The second-order valence-electron chi connectivity index (χ2n) is 6.52. The third-order valence-corrected chi connectivity index (χ3v) is 5.74. The van der Waals surface area contributed by atoms with Crippen LogP contribution >= 0.6 is 11.3 Å². The lowest BCUT2D eigenvalue weighted by molar-refractivity contribution is 0.0746. The summed E-state index contributed by atoms with van der Waals surface area (Å²) in [5.74, 6) is -0.206. The average molecular weight is 385 g/mol. The molecule has 1 amide bonds. The molecule has 1 aliphatic rings. The van der Waals surface area contributed by atoms with Crippen molar-refractivity contribution in [1.29, 1.82) is 0 Å². The minimum Gasteiger partial charge on any atom is -0.380 e. The maximum absolute atomic E-state index is 13.4. The summed E-state index contributed by atoms with van der Waals surface area (Å²) in [6, 6.07) is 12.2. The van der Waals surface area contributed by atoms with Gasteiger partial charge in [-0.2, -0.15) is 0 Å². The maximum atomic E-state index is 13.4.